The zero-order valence-corrected chi connectivity index (χ0v) is 13.9. The first-order chi connectivity index (χ1) is 10.6. The van der Waals surface area contributed by atoms with Gasteiger partial charge in [0.15, 0.2) is 5.82 Å². The molecule has 1 aliphatic rings. The molecule has 0 aliphatic carbocycles. The Morgan fingerprint density at radius 3 is 2.73 bits per heavy atom. The van der Waals surface area contributed by atoms with Crippen LogP contribution in [0.5, 0.6) is 0 Å². The third-order valence-electron chi connectivity index (χ3n) is 4.39. The van der Waals surface area contributed by atoms with E-state index in [1.165, 1.54) is 12.8 Å². The highest BCUT2D eigenvalue weighted by molar-refractivity contribution is 5.02. The molecule has 3 heterocycles. The zero-order chi connectivity index (χ0) is 15.7. The maximum absolute atomic E-state index is 4.53. The SMILES string of the molecule is Cc1nc([C@@H]2CCCCN2Cc2nnc(C(C)C)n2C)n[nH]1. The number of aryl methyl sites for hydroxylation is 1. The van der Waals surface area contributed by atoms with Crippen molar-refractivity contribution in [1.29, 1.82) is 0 Å². The molecule has 1 aliphatic heterocycles. The second-order valence-corrected chi connectivity index (χ2v) is 6.45. The Balaban J connectivity index is 1.80. The second-order valence-electron chi connectivity index (χ2n) is 6.45. The van der Waals surface area contributed by atoms with Gasteiger partial charge >= 0.3 is 0 Å². The first kappa shape index (κ1) is 15.1. The van der Waals surface area contributed by atoms with Gasteiger partial charge in [-0.1, -0.05) is 20.3 Å². The molecular weight excluding hydrogens is 278 g/mol. The summed E-state index contributed by atoms with van der Waals surface area (Å²) in [5, 5.41) is 16.0. The Hall–Kier alpha value is -1.76. The molecule has 0 spiro atoms. The molecule has 2 aromatic heterocycles. The number of piperidine rings is 1. The van der Waals surface area contributed by atoms with Crippen molar-refractivity contribution >= 4 is 0 Å². The van der Waals surface area contributed by atoms with Gasteiger partial charge in [-0.3, -0.25) is 10.00 Å². The van der Waals surface area contributed by atoms with E-state index in [2.05, 4.69) is 55.7 Å². The Morgan fingerprint density at radius 2 is 2.09 bits per heavy atom. The van der Waals surface area contributed by atoms with Crippen LogP contribution in [-0.2, 0) is 13.6 Å². The van der Waals surface area contributed by atoms with Gasteiger partial charge in [0.25, 0.3) is 0 Å². The molecule has 1 fully saturated rings. The third-order valence-corrected chi connectivity index (χ3v) is 4.39. The van der Waals surface area contributed by atoms with Crippen molar-refractivity contribution in [3.63, 3.8) is 0 Å². The molecule has 2 aromatic rings. The molecule has 1 atom stereocenters. The molecule has 1 N–H and O–H groups in total. The summed E-state index contributed by atoms with van der Waals surface area (Å²) in [7, 11) is 2.06. The summed E-state index contributed by atoms with van der Waals surface area (Å²) >= 11 is 0. The van der Waals surface area contributed by atoms with Crippen LogP contribution in [0, 0.1) is 6.92 Å². The van der Waals surface area contributed by atoms with E-state index in [-0.39, 0.29) is 6.04 Å². The number of aromatic amines is 1. The van der Waals surface area contributed by atoms with E-state index in [9.17, 15) is 0 Å². The summed E-state index contributed by atoms with van der Waals surface area (Å²) in [6, 6.07) is 0.276. The number of rotatable bonds is 4. The molecule has 0 unspecified atom stereocenters. The Labute approximate surface area is 131 Å². The molecule has 0 radical (unpaired) electrons. The van der Waals surface area contributed by atoms with Crippen LogP contribution in [0.15, 0.2) is 0 Å². The normalized spacial score (nSPS) is 20.0. The van der Waals surface area contributed by atoms with Gasteiger partial charge in [0.05, 0.1) is 12.6 Å². The van der Waals surface area contributed by atoms with Crippen LogP contribution in [0.25, 0.3) is 0 Å². The van der Waals surface area contributed by atoms with Crippen LogP contribution in [0.4, 0.5) is 0 Å². The Bertz CT molecular complexity index is 628. The smallest absolute Gasteiger partial charge is 0.167 e. The van der Waals surface area contributed by atoms with Crippen molar-refractivity contribution in [1.82, 2.24) is 34.8 Å². The van der Waals surface area contributed by atoms with Crippen molar-refractivity contribution in [2.24, 2.45) is 7.05 Å². The monoisotopic (exact) mass is 303 g/mol. The van der Waals surface area contributed by atoms with E-state index >= 15 is 0 Å². The lowest BCUT2D eigenvalue weighted by atomic mass is 10.0. The topological polar surface area (TPSA) is 75.5 Å². The third kappa shape index (κ3) is 2.90. The molecule has 0 amide bonds. The molecule has 0 saturated carbocycles. The number of nitrogens with one attached hydrogen (secondary N) is 1. The highest BCUT2D eigenvalue weighted by Gasteiger charge is 2.28. The predicted molar refractivity (Wildman–Crippen MR) is 83.2 cm³/mol. The first-order valence-corrected chi connectivity index (χ1v) is 8.07. The van der Waals surface area contributed by atoms with Gasteiger partial charge in [-0.2, -0.15) is 5.10 Å². The summed E-state index contributed by atoms with van der Waals surface area (Å²) in [5.74, 6) is 4.23. The largest absolute Gasteiger partial charge is 0.317 e. The average molecular weight is 303 g/mol. The highest BCUT2D eigenvalue weighted by atomic mass is 15.3. The van der Waals surface area contributed by atoms with Crippen LogP contribution < -0.4 is 0 Å². The minimum absolute atomic E-state index is 0.276. The van der Waals surface area contributed by atoms with Gasteiger partial charge in [-0.05, 0) is 26.3 Å². The van der Waals surface area contributed by atoms with Gasteiger partial charge in [0, 0.05) is 13.0 Å². The molecule has 1 saturated heterocycles. The fourth-order valence-electron chi connectivity index (χ4n) is 3.18. The molecule has 0 bridgehead atoms. The lowest BCUT2D eigenvalue weighted by Crippen LogP contribution is -2.34. The highest BCUT2D eigenvalue weighted by Crippen LogP contribution is 2.30. The van der Waals surface area contributed by atoms with Gasteiger partial charge in [0.1, 0.15) is 17.5 Å². The maximum atomic E-state index is 4.53. The molecule has 7 heteroatoms. The average Bonchev–Trinajstić information content (AvgIpc) is 3.07. The molecule has 22 heavy (non-hydrogen) atoms. The van der Waals surface area contributed by atoms with E-state index in [1.54, 1.807) is 0 Å². The van der Waals surface area contributed by atoms with Crippen molar-refractivity contribution in [2.45, 2.75) is 58.5 Å². The molecular formula is C15H25N7. The summed E-state index contributed by atoms with van der Waals surface area (Å²) in [6.07, 6.45) is 3.55. The fraction of sp³-hybridized carbons (Fsp3) is 0.733. The summed E-state index contributed by atoms with van der Waals surface area (Å²) in [6.45, 7) is 8.10. The Kier molecular flexibility index (Phi) is 4.24. The van der Waals surface area contributed by atoms with E-state index in [1.807, 2.05) is 6.92 Å². The lowest BCUT2D eigenvalue weighted by Gasteiger charge is -2.33. The van der Waals surface area contributed by atoms with Crippen molar-refractivity contribution in [3.05, 3.63) is 23.3 Å². The van der Waals surface area contributed by atoms with E-state index in [0.29, 0.717) is 5.92 Å². The lowest BCUT2D eigenvalue weighted by molar-refractivity contribution is 0.129. The summed E-state index contributed by atoms with van der Waals surface area (Å²) in [4.78, 5) is 6.96. The minimum atomic E-state index is 0.276. The van der Waals surface area contributed by atoms with Crippen LogP contribution in [0.2, 0.25) is 0 Å². The number of likely N-dealkylation sites (tertiary alicyclic amines) is 1. The number of hydrogen-bond acceptors (Lipinski definition) is 5. The standard InChI is InChI=1S/C15H25N7/c1-10(2)15-20-18-13(21(15)4)9-22-8-6-5-7-12(22)14-16-11(3)17-19-14/h10,12H,5-9H2,1-4H3,(H,16,17,19)/t12-/m0/s1. The van der Waals surface area contributed by atoms with Crippen LogP contribution >= 0.6 is 0 Å². The summed E-state index contributed by atoms with van der Waals surface area (Å²) in [5.41, 5.74) is 0. The van der Waals surface area contributed by atoms with E-state index < -0.39 is 0 Å². The van der Waals surface area contributed by atoms with Crippen molar-refractivity contribution < 1.29 is 0 Å². The Morgan fingerprint density at radius 1 is 1.27 bits per heavy atom. The van der Waals surface area contributed by atoms with Crippen LogP contribution in [-0.4, -0.2) is 41.4 Å². The molecule has 3 rings (SSSR count). The van der Waals surface area contributed by atoms with Gasteiger partial charge in [-0.25, -0.2) is 4.98 Å². The maximum Gasteiger partial charge on any atom is 0.167 e. The second kappa shape index (κ2) is 6.16. The van der Waals surface area contributed by atoms with Crippen LogP contribution in [0.3, 0.4) is 0 Å². The molecule has 7 nitrogen and oxygen atoms in total. The van der Waals surface area contributed by atoms with Crippen LogP contribution in [0.1, 0.15) is 68.4 Å². The molecule has 120 valence electrons. The number of H-pyrrole nitrogens is 1. The quantitative estimate of drug-likeness (QED) is 0.936. The van der Waals surface area contributed by atoms with Gasteiger partial charge in [0.2, 0.25) is 0 Å². The van der Waals surface area contributed by atoms with E-state index in [4.69, 9.17) is 0 Å². The zero-order valence-electron chi connectivity index (χ0n) is 13.9. The van der Waals surface area contributed by atoms with Gasteiger partial charge in [-0.15, -0.1) is 10.2 Å². The van der Waals surface area contributed by atoms with Crippen molar-refractivity contribution in [2.75, 3.05) is 6.54 Å². The van der Waals surface area contributed by atoms with Gasteiger partial charge < -0.3 is 4.57 Å². The number of aromatic nitrogens is 6. The fourth-order valence-corrected chi connectivity index (χ4v) is 3.18. The minimum Gasteiger partial charge on any atom is -0.317 e. The first-order valence-electron chi connectivity index (χ1n) is 8.07. The number of nitrogens with zero attached hydrogens (tertiary/aromatic N) is 6. The number of hydrogen-bond donors (Lipinski definition) is 1. The van der Waals surface area contributed by atoms with Crippen molar-refractivity contribution in [3.8, 4) is 0 Å². The predicted octanol–water partition coefficient (Wildman–Crippen LogP) is 2.09. The van der Waals surface area contributed by atoms with E-state index in [0.717, 1.165) is 42.8 Å². The molecule has 0 aromatic carbocycles. The summed E-state index contributed by atoms with van der Waals surface area (Å²) < 4.78 is 2.12.